The Hall–Kier alpha value is -12.5. The molecule has 5 heterocycles. The quantitative estimate of drug-likeness (QED) is 0.0374. The first kappa shape index (κ1) is 98.9. The standard InChI is InChI=1S/C86H119N19O20S/c1-9-11-22-65-81(120)98-60(32-47(3)4)79(118)100-64(78(117)92-41-72(89)111)45-126-46-75(114)97-61(33-49-25-27-53(106)28-26-49)82(121)101(6)48(5)76(115)99-63(38-71(88)110)85(124)104-31-17-24-66(104)80(119)94-43-73(112)95-59(29-30-70(87)109)84(123)105-44-54(107)37-68(105)69(108)36-50(34-51-39-90-57-20-15-13-18-55(51)57)77(116)93-42-74(113)96-62(35-52-40-91-58-21-16-14-19-56(52)58)83(122)103(8)67(23-12-10-2)86(125)102(65)7/h13-16,18-21,25-28,39-40,47-48,50,54,59-68,90-91,106-107H,9-12,17,22-24,29-38,41-46H2,1-8H3,(H2,87,109)(H2,88,110)(H2,89,111)(H,92,117)(H,93,116)(H,94,119)(H,95,112)(H,96,113)(H,97,114)(H,98,120)(H,99,115)(H,100,118)/t48-,50+,54+,59-,60-,61-,62-,63-,64-,65-,66-,67-,68-/m0/s1. The number of ketones is 1. The number of aliphatic hydroxyl groups excluding tert-OH is 1. The van der Waals surface area contributed by atoms with E-state index in [-0.39, 0.29) is 81.8 Å². The molecule has 5 aromatic rings. The maximum atomic E-state index is 15.5. The molecular formula is C86H119N19O20S. The lowest BCUT2D eigenvalue weighted by Gasteiger charge is -2.36. The van der Waals surface area contributed by atoms with Crippen LogP contribution in [0.4, 0.5) is 0 Å². The smallest absolute Gasteiger partial charge is 0.246 e. The molecule has 684 valence electrons. The number of primary amides is 3. The van der Waals surface area contributed by atoms with Gasteiger partial charge in [-0.1, -0.05) is 102 Å². The maximum absolute atomic E-state index is 15.5. The van der Waals surface area contributed by atoms with Gasteiger partial charge in [-0.3, -0.25) is 86.3 Å². The number of nitrogens with two attached hydrogens (primary N) is 3. The van der Waals surface area contributed by atoms with E-state index in [0.29, 0.717) is 64.2 Å². The predicted octanol–water partition coefficient (Wildman–Crippen LogP) is -1.53. The summed E-state index contributed by atoms with van der Waals surface area (Å²) in [5.74, 6) is -18.6. The van der Waals surface area contributed by atoms with E-state index in [4.69, 9.17) is 17.2 Å². The largest absolute Gasteiger partial charge is 0.508 e. The van der Waals surface area contributed by atoms with E-state index in [9.17, 15) is 77.3 Å². The van der Waals surface area contributed by atoms with E-state index in [0.717, 1.165) is 26.5 Å². The van der Waals surface area contributed by atoms with Crippen molar-refractivity contribution in [3.63, 3.8) is 0 Å². The topological polar surface area (TPSA) is 582 Å². The van der Waals surface area contributed by atoms with Crippen LogP contribution in [0.25, 0.3) is 21.8 Å². The lowest BCUT2D eigenvalue weighted by atomic mass is 9.90. The van der Waals surface area contributed by atoms with Crippen molar-refractivity contribution in [2.45, 2.75) is 216 Å². The number of fused-ring (bicyclic) bond motifs is 4. The Morgan fingerprint density at radius 2 is 1.11 bits per heavy atom. The first-order valence-corrected chi connectivity index (χ1v) is 43.6. The Morgan fingerprint density at radius 3 is 1.71 bits per heavy atom. The van der Waals surface area contributed by atoms with Gasteiger partial charge in [-0.25, -0.2) is 0 Å². The summed E-state index contributed by atoms with van der Waals surface area (Å²) in [5, 5.41) is 46.1. The fourth-order valence-corrected chi connectivity index (χ4v) is 16.6. The van der Waals surface area contributed by atoms with Gasteiger partial charge >= 0.3 is 0 Å². The van der Waals surface area contributed by atoms with Crippen molar-refractivity contribution in [2.75, 3.05) is 65.4 Å². The molecule has 0 bridgehead atoms. The number of aliphatic hydroxyl groups is 1. The number of Topliss-reactive ketones (excluding diaryl/α,β-unsaturated/α-hetero) is 1. The number of aromatic nitrogens is 2. The van der Waals surface area contributed by atoms with E-state index in [2.05, 4.69) is 57.8 Å². The van der Waals surface area contributed by atoms with Crippen LogP contribution >= 0.6 is 11.8 Å². The molecule has 3 aliphatic rings. The van der Waals surface area contributed by atoms with Crippen LogP contribution in [0.2, 0.25) is 0 Å². The highest BCUT2D eigenvalue weighted by Gasteiger charge is 2.46. The minimum atomic E-state index is -1.75. The number of phenolic OH excluding ortho intramolecular Hbond substituents is 1. The molecule has 3 fully saturated rings. The third-order valence-electron chi connectivity index (χ3n) is 22.8. The van der Waals surface area contributed by atoms with Gasteiger partial charge in [0.2, 0.25) is 100 Å². The molecule has 3 aliphatic heterocycles. The molecular weight excluding hydrogens is 1650 g/mol. The number of likely N-dealkylation sites (N-methyl/N-ethyl adjacent to an activating group) is 3. The minimum absolute atomic E-state index is 0.00205. The molecule has 2 aromatic heterocycles. The molecule has 0 radical (unpaired) electrons. The molecule has 17 amide bonds. The second kappa shape index (κ2) is 47.0. The van der Waals surface area contributed by atoms with Crippen LogP contribution in [0, 0.1) is 11.8 Å². The van der Waals surface area contributed by atoms with Gasteiger partial charge in [0.1, 0.15) is 66.2 Å². The summed E-state index contributed by atoms with van der Waals surface area (Å²) in [6, 6.07) is 3.77. The highest BCUT2D eigenvalue weighted by Crippen LogP contribution is 2.30. The second-order valence-corrected chi connectivity index (χ2v) is 33.8. The van der Waals surface area contributed by atoms with Crippen molar-refractivity contribution < 1.29 is 96.5 Å². The van der Waals surface area contributed by atoms with Crippen molar-refractivity contribution in [1.82, 2.24) is 82.3 Å². The number of hydrogen-bond acceptors (Lipinski definition) is 21. The van der Waals surface area contributed by atoms with Crippen LogP contribution in [-0.2, 0) is 106 Å². The van der Waals surface area contributed by atoms with E-state index in [1.165, 1.54) is 62.1 Å². The summed E-state index contributed by atoms with van der Waals surface area (Å²) in [6.07, 6.45) is 0.847. The third-order valence-corrected chi connectivity index (χ3v) is 23.8. The summed E-state index contributed by atoms with van der Waals surface area (Å²) in [4.78, 5) is 269. The van der Waals surface area contributed by atoms with Gasteiger partial charge in [0.25, 0.3) is 0 Å². The monoisotopic (exact) mass is 1770 g/mol. The molecule has 0 unspecified atom stereocenters. The van der Waals surface area contributed by atoms with Crippen molar-refractivity contribution in [1.29, 1.82) is 0 Å². The number of phenols is 1. The zero-order chi connectivity index (χ0) is 92.3. The Balaban J connectivity index is 1.15. The highest BCUT2D eigenvalue weighted by molar-refractivity contribution is 8.00. The number of aromatic amines is 2. The molecule has 0 aliphatic carbocycles. The Bertz CT molecular complexity index is 4790. The van der Waals surface area contributed by atoms with Crippen LogP contribution in [0.1, 0.15) is 141 Å². The normalized spacial score (nSPS) is 24.6. The average molecular weight is 1770 g/mol. The summed E-state index contributed by atoms with van der Waals surface area (Å²) >= 11 is 0.799. The number of carbonyl (C=O) groups is 18. The summed E-state index contributed by atoms with van der Waals surface area (Å²) in [7, 11) is 4.00. The van der Waals surface area contributed by atoms with Crippen molar-refractivity contribution >= 4 is 140 Å². The Kier molecular flexibility index (Phi) is 36.9. The van der Waals surface area contributed by atoms with Gasteiger partial charge < -0.3 is 110 Å². The number of thioether (sulfide) groups is 1. The number of H-pyrrole nitrogens is 2. The number of amides is 17. The molecule has 126 heavy (non-hydrogen) atoms. The maximum Gasteiger partial charge on any atom is 0.246 e. The van der Waals surface area contributed by atoms with Crippen LogP contribution in [0.15, 0.2) is 85.2 Å². The number of rotatable bonds is 22. The number of nitrogens with zero attached hydrogens (tertiary/aromatic N) is 5. The van der Waals surface area contributed by atoms with Crippen LogP contribution in [-0.4, -0.2) is 289 Å². The molecule has 13 atom stereocenters. The molecule has 39 nitrogen and oxygen atoms in total. The van der Waals surface area contributed by atoms with Gasteiger partial charge in [-0.15, -0.1) is 11.8 Å². The fraction of sp³-hybridized carbons (Fsp3) is 0.535. The molecule has 8 rings (SSSR count). The number of para-hydroxylation sites is 2. The molecule has 0 saturated carbocycles. The number of aromatic hydroxyl groups is 1. The zero-order valence-electron chi connectivity index (χ0n) is 72.3. The van der Waals surface area contributed by atoms with Gasteiger partial charge in [0.05, 0.1) is 44.0 Å². The SMILES string of the molecule is CCCC[C@H]1C(=O)N(C)[C@@H](CCCC)C(=O)N[C@@H](CC(C)C)C(=O)N[C@H](C(=O)NCC(N)=O)CSCC(=O)N[C@@H](Cc2ccc(O)cc2)C(=O)N(C)[C@@H](C)C(=O)N[C@@H](CC(N)=O)C(=O)N2CCC[C@H]2C(=O)NCC(=O)N[C@@H](CCC(N)=O)C(=O)N2C[C@H](O)C[C@H]2C(=O)C[C@@H](Cc2c[nH]c3ccccc23)C(=O)NCC(=O)N[C@@H](Cc2c[nH]c3ccccc23)C(=O)N1C. The Morgan fingerprint density at radius 1 is 0.556 bits per heavy atom. The summed E-state index contributed by atoms with van der Waals surface area (Å²) in [6.45, 7) is 5.66. The van der Waals surface area contributed by atoms with E-state index < -0.39 is 242 Å². The predicted molar refractivity (Wildman–Crippen MR) is 463 cm³/mol. The molecule has 3 saturated heterocycles. The Labute approximate surface area is 733 Å². The number of hydrogen-bond donors (Lipinski definition) is 16. The highest BCUT2D eigenvalue weighted by atomic mass is 32.2. The van der Waals surface area contributed by atoms with E-state index >= 15 is 19.2 Å². The average Bonchev–Trinajstić information content (AvgIpc) is 1.53. The van der Waals surface area contributed by atoms with Crippen molar-refractivity contribution in [2.24, 2.45) is 29.0 Å². The number of nitrogens with one attached hydrogen (secondary N) is 11. The fourth-order valence-electron chi connectivity index (χ4n) is 15.8. The second-order valence-electron chi connectivity index (χ2n) is 32.8. The molecule has 3 aromatic carbocycles. The number of benzene rings is 3. The zero-order valence-corrected chi connectivity index (χ0v) is 73.1. The summed E-state index contributed by atoms with van der Waals surface area (Å²) in [5.41, 5.74) is 19.5. The van der Waals surface area contributed by atoms with Gasteiger partial charge in [0, 0.05) is 112 Å². The molecule has 40 heteroatoms. The lowest BCUT2D eigenvalue weighted by molar-refractivity contribution is -0.149. The molecule has 0 spiro atoms. The minimum Gasteiger partial charge on any atom is -0.508 e. The summed E-state index contributed by atoms with van der Waals surface area (Å²) < 4.78 is 0. The number of carbonyl (C=O) groups excluding carboxylic acids is 18. The van der Waals surface area contributed by atoms with E-state index in [1.807, 2.05) is 19.9 Å². The van der Waals surface area contributed by atoms with Gasteiger partial charge in [-0.05, 0) is 98.7 Å². The van der Waals surface area contributed by atoms with Gasteiger partial charge in [-0.2, -0.15) is 0 Å². The van der Waals surface area contributed by atoms with Crippen LogP contribution in [0.5, 0.6) is 5.75 Å². The first-order valence-electron chi connectivity index (χ1n) is 42.4. The lowest BCUT2D eigenvalue weighted by Crippen LogP contribution is -2.60. The van der Waals surface area contributed by atoms with Gasteiger partial charge in [0.15, 0.2) is 5.78 Å². The number of unbranched alkanes of at least 4 members (excludes halogenated alkanes) is 2. The van der Waals surface area contributed by atoms with Crippen LogP contribution in [0.3, 0.4) is 0 Å². The third kappa shape index (κ3) is 27.8. The molecule has 19 N–H and O–H groups in total. The van der Waals surface area contributed by atoms with E-state index in [1.54, 1.807) is 68.7 Å². The van der Waals surface area contributed by atoms with Crippen molar-refractivity contribution in [3.8, 4) is 5.75 Å². The van der Waals surface area contributed by atoms with Crippen LogP contribution < -0.4 is 65.1 Å². The first-order chi connectivity index (χ1) is 59.9. The van der Waals surface area contributed by atoms with Crippen molar-refractivity contribution in [3.05, 3.63) is 102 Å².